The summed E-state index contributed by atoms with van der Waals surface area (Å²) >= 11 is 0. The molecule has 5 heteroatoms. The van der Waals surface area contributed by atoms with Crippen molar-refractivity contribution >= 4 is 11.9 Å². The van der Waals surface area contributed by atoms with Gasteiger partial charge in [0.05, 0.1) is 0 Å². The molecule has 5 nitrogen and oxygen atoms in total. The Hall–Kier alpha value is -1.10. The number of nitrogens with two attached hydrogens (primary N) is 1. The number of carboxylic acid groups (broad SMARTS) is 1. The zero-order valence-electron chi connectivity index (χ0n) is 12.5. The normalized spacial score (nSPS) is 14.8. The first-order valence-electron chi connectivity index (χ1n) is 6.95. The molecule has 0 fully saturated rings. The van der Waals surface area contributed by atoms with Crippen molar-refractivity contribution in [3.8, 4) is 0 Å². The van der Waals surface area contributed by atoms with E-state index in [1.165, 1.54) is 0 Å². The third-order valence-corrected chi connectivity index (χ3v) is 3.65. The smallest absolute Gasteiger partial charge is 0.326 e. The van der Waals surface area contributed by atoms with Crippen molar-refractivity contribution in [1.82, 2.24) is 5.32 Å². The Morgan fingerprint density at radius 1 is 1.32 bits per heavy atom. The summed E-state index contributed by atoms with van der Waals surface area (Å²) in [5.74, 6) is -1.24. The predicted octanol–water partition coefficient (Wildman–Crippen LogP) is 1.76. The van der Waals surface area contributed by atoms with Crippen molar-refractivity contribution in [2.75, 3.05) is 6.54 Å². The lowest BCUT2D eigenvalue weighted by molar-refractivity contribution is -0.143. The second-order valence-electron chi connectivity index (χ2n) is 5.97. The van der Waals surface area contributed by atoms with Gasteiger partial charge < -0.3 is 16.2 Å². The van der Waals surface area contributed by atoms with Gasteiger partial charge in [-0.3, -0.25) is 4.79 Å². The van der Waals surface area contributed by atoms with Crippen LogP contribution in [-0.2, 0) is 9.59 Å². The van der Waals surface area contributed by atoms with Crippen molar-refractivity contribution in [3.05, 3.63) is 0 Å². The molecule has 1 amide bonds. The van der Waals surface area contributed by atoms with Crippen LogP contribution in [0.15, 0.2) is 0 Å². The summed E-state index contributed by atoms with van der Waals surface area (Å²) in [5, 5.41) is 11.7. The van der Waals surface area contributed by atoms with Crippen molar-refractivity contribution in [2.24, 2.45) is 17.1 Å². The monoisotopic (exact) mass is 272 g/mol. The lowest BCUT2D eigenvalue weighted by atomic mass is 9.84. The predicted molar refractivity (Wildman–Crippen MR) is 75.7 cm³/mol. The molecule has 0 radical (unpaired) electrons. The van der Waals surface area contributed by atoms with Crippen LogP contribution in [0.5, 0.6) is 0 Å². The molecule has 0 aromatic heterocycles. The number of hydrogen-bond acceptors (Lipinski definition) is 3. The van der Waals surface area contributed by atoms with Crippen LogP contribution >= 0.6 is 0 Å². The van der Waals surface area contributed by atoms with E-state index in [0.717, 1.165) is 12.8 Å². The topological polar surface area (TPSA) is 92.4 Å². The third kappa shape index (κ3) is 7.15. The van der Waals surface area contributed by atoms with E-state index in [2.05, 4.69) is 19.2 Å². The Balaban J connectivity index is 4.32. The molecule has 0 spiro atoms. The molecule has 0 aromatic carbocycles. The van der Waals surface area contributed by atoms with Gasteiger partial charge in [-0.05, 0) is 30.7 Å². The molecule has 19 heavy (non-hydrogen) atoms. The number of carbonyl (C=O) groups excluding carboxylic acids is 1. The first-order valence-corrected chi connectivity index (χ1v) is 6.95. The summed E-state index contributed by atoms with van der Waals surface area (Å²) in [7, 11) is 0. The van der Waals surface area contributed by atoms with Gasteiger partial charge in [0.25, 0.3) is 0 Å². The van der Waals surface area contributed by atoms with Crippen molar-refractivity contribution < 1.29 is 14.7 Å². The summed E-state index contributed by atoms with van der Waals surface area (Å²) in [6.07, 6.45) is 2.63. The van der Waals surface area contributed by atoms with Crippen LogP contribution in [0.2, 0.25) is 0 Å². The van der Waals surface area contributed by atoms with Crippen LogP contribution in [0.3, 0.4) is 0 Å². The van der Waals surface area contributed by atoms with Crippen LogP contribution in [0.1, 0.15) is 53.4 Å². The van der Waals surface area contributed by atoms with E-state index in [1.807, 2.05) is 13.8 Å². The van der Waals surface area contributed by atoms with Crippen molar-refractivity contribution in [1.29, 1.82) is 0 Å². The standard InChI is InChI=1S/C14H28N2O3/c1-5-10(2)12(13(18)19)16-11(17)6-7-14(3,4)8-9-15/h10,12H,5-9,15H2,1-4H3,(H,16,17)(H,18,19)/t10?,12-/m0/s1. The Morgan fingerprint density at radius 2 is 1.89 bits per heavy atom. The molecule has 0 aliphatic heterocycles. The molecule has 1 unspecified atom stereocenters. The summed E-state index contributed by atoms with van der Waals surface area (Å²) in [6, 6.07) is -0.796. The van der Waals surface area contributed by atoms with Crippen LogP contribution in [-0.4, -0.2) is 29.6 Å². The van der Waals surface area contributed by atoms with E-state index in [-0.39, 0.29) is 17.2 Å². The van der Waals surface area contributed by atoms with Gasteiger partial charge >= 0.3 is 5.97 Å². The molecule has 0 rings (SSSR count). The number of amides is 1. The fraction of sp³-hybridized carbons (Fsp3) is 0.857. The molecule has 0 aliphatic rings. The summed E-state index contributed by atoms with van der Waals surface area (Å²) in [6.45, 7) is 8.47. The van der Waals surface area contributed by atoms with Gasteiger partial charge in [-0.25, -0.2) is 4.79 Å². The maximum absolute atomic E-state index is 11.8. The van der Waals surface area contributed by atoms with Gasteiger partial charge in [0.15, 0.2) is 0 Å². The van der Waals surface area contributed by atoms with Crippen molar-refractivity contribution in [2.45, 2.75) is 59.4 Å². The van der Waals surface area contributed by atoms with E-state index in [4.69, 9.17) is 10.8 Å². The Labute approximate surface area is 115 Å². The van der Waals surface area contributed by atoms with E-state index >= 15 is 0 Å². The lowest BCUT2D eigenvalue weighted by Crippen LogP contribution is -2.45. The van der Waals surface area contributed by atoms with Gasteiger partial charge in [-0.2, -0.15) is 0 Å². The number of hydrogen-bond donors (Lipinski definition) is 3. The quantitative estimate of drug-likeness (QED) is 0.596. The number of nitrogens with one attached hydrogen (secondary N) is 1. The molecule has 0 aliphatic carbocycles. The summed E-state index contributed by atoms with van der Waals surface area (Å²) in [5.41, 5.74) is 5.54. The molecule has 2 atom stereocenters. The Bertz CT molecular complexity index is 303. The maximum atomic E-state index is 11.8. The zero-order chi connectivity index (χ0) is 15.1. The number of carboxylic acids is 1. The average molecular weight is 272 g/mol. The van der Waals surface area contributed by atoms with E-state index in [9.17, 15) is 9.59 Å². The van der Waals surface area contributed by atoms with Gasteiger partial charge in [0, 0.05) is 6.42 Å². The molecule has 112 valence electrons. The minimum Gasteiger partial charge on any atom is -0.480 e. The Kier molecular flexibility index (Phi) is 7.68. The molecule has 0 bridgehead atoms. The highest BCUT2D eigenvalue weighted by molar-refractivity contribution is 5.83. The largest absolute Gasteiger partial charge is 0.480 e. The second-order valence-corrected chi connectivity index (χ2v) is 5.97. The molecule has 0 saturated heterocycles. The summed E-state index contributed by atoms with van der Waals surface area (Å²) < 4.78 is 0. The fourth-order valence-corrected chi connectivity index (χ4v) is 1.90. The molecule has 0 saturated carbocycles. The molecule has 0 heterocycles. The van der Waals surface area contributed by atoms with Crippen LogP contribution in [0.4, 0.5) is 0 Å². The first kappa shape index (κ1) is 17.9. The van der Waals surface area contributed by atoms with E-state index in [0.29, 0.717) is 19.4 Å². The average Bonchev–Trinajstić information content (AvgIpc) is 2.32. The maximum Gasteiger partial charge on any atom is 0.326 e. The van der Waals surface area contributed by atoms with Crippen LogP contribution in [0, 0.1) is 11.3 Å². The molecular formula is C14H28N2O3. The van der Waals surface area contributed by atoms with Crippen LogP contribution < -0.4 is 11.1 Å². The zero-order valence-corrected chi connectivity index (χ0v) is 12.5. The van der Waals surface area contributed by atoms with Gasteiger partial charge in [0.2, 0.25) is 5.91 Å². The first-order chi connectivity index (χ1) is 8.73. The number of aliphatic carboxylic acids is 1. The van der Waals surface area contributed by atoms with Gasteiger partial charge in [-0.1, -0.05) is 34.1 Å². The third-order valence-electron chi connectivity index (χ3n) is 3.65. The van der Waals surface area contributed by atoms with Crippen LogP contribution in [0.25, 0.3) is 0 Å². The van der Waals surface area contributed by atoms with Gasteiger partial charge in [-0.15, -0.1) is 0 Å². The number of rotatable bonds is 9. The number of carbonyl (C=O) groups is 2. The minimum absolute atomic E-state index is 0.0151. The molecule has 0 aromatic rings. The van der Waals surface area contributed by atoms with Crippen molar-refractivity contribution in [3.63, 3.8) is 0 Å². The minimum atomic E-state index is -0.969. The highest BCUT2D eigenvalue weighted by Gasteiger charge is 2.26. The molecular weight excluding hydrogens is 244 g/mol. The molecule has 4 N–H and O–H groups in total. The highest BCUT2D eigenvalue weighted by atomic mass is 16.4. The Morgan fingerprint density at radius 3 is 2.32 bits per heavy atom. The highest BCUT2D eigenvalue weighted by Crippen LogP contribution is 2.25. The van der Waals surface area contributed by atoms with E-state index < -0.39 is 12.0 Å². The summed E-state index contributed by atoms with van der Waals surface area (Å²) in [4.78, 5) is 22.9. The lowest BCUT2D eigenvalue weighted by Gasteiger charge is -2.25. The second kappa shape index (κ2) is 8.15. The van der Waals surface area contributed by atoms with Gasteiger partial charge in [0.1, 0.15) is 6.04 Å². The van der Waals surface area contributed by atoms with E-state index in [1.54, 1.807) is 0 Å². The fourth-order valence-electron chi connectivity index (χ4n) is 1.90. The SMILES string of the molecule is CCC(C)[C@H](NC(=O)CCC(C)(C)CCN)C(=O)O.